The molecule has 0 fully saturated rings. The Bertz CT molecular complexity index is 526. The van der Waals surface area contributed by atoms with E-state index in [1.807, 2.05) is 54.6 Å². The van der Waals surface area contributed by atoms with Gasteiger partial charge in [0.15, 0.2) is 0 Å². The van der Waals surface area contributed by atoms with Crippen LogP contribution in [0.2, 0.25) is 0 Å². The summed E-state index contributed by atoms with van der Waals surface area (Å²) in [5, 5.41) is 0. The molecule has 0 aliphatic heterocycles. The van der Waals surface area contributed by atoms with Gasteiger partial charge in [-0.25, -0.2) is 0 Å². The quantitative estimate of drug-likeness (QED) is 0.729. The molecule has 0 aliphatic rings. The minimum absolute atomic E-state index is 0.797. The number of para-hydroxylation sites is 1. The maximum Gasteiger partial charge on any atom is 0.119 e. The molecule has 0 unspecified atom stereocenters. The summed E-state index contributed by atoms with van der Waals surface area (Å²) in [6.07, 6.45) is 0. The molecule has 0 bridgehead atoms. The summed E-state index contributed by atoms with van der Waals surface area (Å²) in [7, 11) is 1.63. The van der Waals surface area contributed by atoms with E-state index in [9.17, 15) is 0 Å². The van der Waals surface area contributed by atoms with E-state index in [1.165, 1.54) is 0 Å². The number of methoxy groups -OCH3 is 1. The van der Waals surface area contributed by atoms with Crippen molar-refractivity contribution in [2.24, 2.45) is 9.98 Å². The molecule has 0 spiro atoms. The summed E-state index contributed by atoms with van der Waals surface area (Å²) < 4.78 is 5.06. The predicted octanol–water partition coefficient (Wildman–Crippen LogP) is 3.83. The maximum atomic E-state index is 5.06. The van der Waals surface area contributed by atoms with Crippen LogP contribution >= 0.6 is 0 Å². The largest absolute Gasteiger partial charge is 0.497 e. The second-order valence-electron chi connectivity index (χ2n) is 3.36. The smallest absolute Gasteiger partial charge is 0.119 e. The SMILES string of the molecule is COc1ccc(N=C=Nc2ccccc2)cc1. The van der Waals surface area contributed by atoms with Crippen molar-refractivity contribution in [2.45, 2.75) is 0 Å². The highest BCUT2D eigenvalue weighted by Crippen LogP contribution is 2.17. The third-order valence-corrected chi connectivity index (χ3v) is 2.19. The Morgan fingerprint density at radius 2 is 1.41 bits per heavy atom. The first-order chi connectivity index (χ1) is 8.38. The minimum atomic E-state index is 0.797. The van der Waals surface area contributed by atoms with Crippen molar-refractivity contribution in [2.75, 3.05) is 7.11 Å². The van der Waals surface area contributed by atoms with Gasteiger partial charge in [0.2, 0.25) is 0 Å². The van der Waals surface area contributed by atoms with Gasteiger partial charge in [-0.2, -0.15) is 9.98 Å². The number of aliphatic imine (C=N–C) groups is 2. The molecule has 2 aromatic carbocycles. The normalized spacial score (nSPS) is 9.24. The lowest BCUT2D eigenvalue weighted by Crippen LogP contribution is -1.79. The van der Waals surface area contributed by atoms with Crippen LogP contribution in [0, 0.1) is 0 Å². The summed E-state index contributed by atoms with van der Waals surface area (Å²) in [5.74, 6) is 0.809. The molecule has 0 amide bonds. The topological polar surface area (TPSA) is 34.0 Å². The van der Waals surface area contributed by atoms with Gasteiger partial charge in [0, 0.05) is 0 Å². The van der Waals surface area contributed by atoms with Gasteiger partial charge in [0.25, 0.3) is 0 Å². The Kier molecular flexibility index (Phi) is 3.68. The van der Waals surface area contributed by atoms with Gasteiger partial charge in [0.1, 0.15) is 11.8 Å². The van der Waals surface area contributed by atoms with E-state index in [-0.39, 0.29) is 0 Å². The number of ether oxygens (including phenoxy) is 1. The van der Waals surface area contributed by atoms with Crippen LogP contribution in [0.3, 0.4) is 0 Å². The third kappa shape index (κ3) is 3.30. The number of nitrogens with zero attached hydrogens (tertiary/aromatic N) is 2. The zero-order valence-corrected chi connectivity index (χ0v) is 9.50. The molecule has 0 aliphatic carbocycles. The average molecular weight is 224 g/mol. The van der Waals surface area contributed by atoms with Crippen LogP contribution in [0.4, 0.5) is 11.4 Å². The Morgan fingerprint density at radius 3 is 2.00 bits per heavy atom. The van der Waals surface area contributed by atoms with Crippen molar-refractivity contribution in [3.8, 4) is 5.75 Å². The molecule has 0 saturated heterocycles. The molecule has 0 heterocycles. The lowest BCUT2D eigenvalue weighted by Gasteiger charge is -1.97. The van der Waals surface area contributed by atoms with Crippen LogP contribution in [0.25, 0.3) is 0 Å². The first-order valence-electron chi connectivity index (χ1n) is 5.24. The monoisotopic (exact) mass is 224 g/mol. The van der Waals surface area contributed by atoms with E-state index < -0.39 is 0 Å². The van der Waals surface area contributed by atoms with Crippen molar-refractivity contribution in [3.63, 3.8) is 0 Å². The zero-order valence-electron chi connectivity index (χ0n) is 9.50. The first kappa shape index (κ1) is 11.1. The molecular formula is C14H12N2O. The first-order valence-corrected chi connectivity index (χ1v) is 5.24. The van der Waals surface area contributed by atoms with E-state index >= 15 is 0 Å². The number of benzene rings is 2. The summed E-state index contributed by atoms with van der Waals surface area (Å²) >= 11 is 0. The summed E-state index contributed by atoms with van der Waals surface area (Å²) in [6.45, 7) is 0. The van der Waals surface area contributed by atoms with E-state index in [4.69, 9.17) is 4.74 Å². The molecule has 2 aromatic rings. The van der Waals surface area contributed by atoms with Gasteiger partial charge in [-0.1, -0.05) is 18.2 Å². The lowest BCUT2D eigenvalue weighted by atomic mass is 10.3. The van der Waals surface area contributed by atoms with Crippen LogP contribution in [0.5, 0.6) is 5.75 Å². The van der Waals surface area contributed by atoms with Crippen LogP contribution in [0.15, 0.2) is 64.6 Å². The maximum absolute atomic E-state index is 5.06. The highest BCUT2D eigenvalue weighted by Gasteiger charge is 1.90. The third-order valence-electron chi connectivity index (χ3n) is 2.19. The van der Waals surface area contributed by atoms with Crippen LogP contribution in [-0.2, 0) is 0 Å². The van der Waals surface area contributed by atoms with Crippen LogP contribution < -0.4 is 4.74 Å². The lowest BCUT2D eigenvalue weighted by molar-refractivity contribution is 0.415. The second-order valence-corrected chi connectivity index (χ2v) is 3.36. The fourth-order valence-electron chi connectivity index (χ4n) is 1.30. The second kappa shape index (κ2) is 5.64. The van der Waals surface area contributed by atoms with Gasteiger partial charge >= 0.3 is 0 Å². The van der Waals surface area contributed by atoms with Gasteiger partial charge in [-0.15, -0.1) is 0 Å². The Morgan fingerprint density at radius 1 is 0.824 bits per heavy atom. The van der Waals surface area contributed by atoms with Gasteiger partial charge in [-0.05, 0) is 36.4 Å². The molecule has 3 nitrogen and oxygen atoms in total. The van der Waals surface area contributed by atoms with Crippen molar-refractivity contribution >= 4 is 17.4 Å². The minimum Gasteiger partial charge on any atom is -0.497 e. The van der Waals surface area contributed by atoms with Crippen molar-refractivity contribution in [1.82, 2.24) is 0 Å². The zero-order chi connectivity index (χ0) is 11.9. The van der Waals surface area contributed by atoms with Crippen molar-refractivity contribution < 1.29 is 4.74 Å². The highest BCUT2D eigenvalue weighted by molar-refractivity contribution is 5.57. The molecule has 0 radical (unpaired) electrons. The molecule has 3 heteroatoms. The molecular weight excluding hydrogens is 212 g/mol. The fraction of sp³-hybridized carbons (Fsp3) is 0.0714. The van der Waals surface area contributed by atoms with Crippen molar-refractivity contribution in [1.29, 1.82) is 0 Å². The average Bonchev–Trinajstić information content (AvgIpc) is 2.41. The predicted molar refractivity (Wildman–Crippen MR) is 68.6 cm³/mol. The van der Waals surface area contributed by atoms with E-state index in [2.05, 4.69) is 16.0 Å². The Labute approximate surface area is 100 Å². The Balaban J connectivity index is 2.12. The highest BCUT2D eigenvalue weighted by atomic mass is 16.5. The number of hydrogen-bond acceptors (Lipinski definition) is 3. The van der Waals surface area contributed by atoms with Gasteiger partial charge in [-0.3, -0.25) is 0 Å². The fourth-order valence-corrected chi connectivity index (χ4v) is 1.30. The number of hydrogen-bond donors (Lipinski definition) is 0. The molecule has 17 heavy (non-hydrogen) atoms. The summed E-state index contributed by atoms with van der Waals surface area (Å²) in [5.41, 5.74) is 1.63. The van der Waals surface area contributed by atoms with E-state index in [0.29, 0.717) is 0 Å². The van der Waals surface area contributed by atoms with Crippen molar-refractivity contribution in [3.05, 3.63) is 54.6 Å². The van der Waals surface area contributed by atoms with Gasteiger partial charge in [0.05, 0.1) is 18.5 Å². The summed E-state index contributed by atoms with van der Waals surface area (Å²) in [6, 6.07) is 19.7. The number of rotatable bonds is 3. The van der Waals surface area contributed by atoms with Crippen LogP contribution in [0.1, 0.15) is 0 Å². The van der Waals surface area contributed by atoms with Crippen LogP contribution in [-0.4, -0.2) is 13.1 Å². The summed E-state index contributed by atoms with van der Waals surface area (Å²) in [4.78, 5) is 8.20. The molecule has 0 aromatic heterocycles. The molecule has 0 saturated carbocycles. The molecule has 2 rings (SSSR count). The molecule has 84 valence electrons. The van der Waals surface area contributed by atoms with Gasteiger partial charge < -0.3 is 4.74 Å². The molecule has 0 atom stereocenters. The van der Waals surface area contributed by atoms with E-state index in [1.54, 1.807) is 7.11 Å². The van der Waals surface area contributed by atoms with E-state index in [0.717, 1.165) is 17.1 Å². The Hall–Kier alpha value is -2.38. The molecule has 0 N–H and O–H groups in total. The standard InChI is InChI=1S/C14H12N2O/c1-17-14-9-7-13(8-10-14)16-11-15-12-5-3-2-4-6-12/h2-10H,1H3.